The highest BCUT2D eigenvalue weighted by atomic mass is 16.6. The van der Waals surface area contributed by atoms with Crippen LogP contribution in [0.25, 0.3) is 0 Å². The van der Waals surface area contributed by atoms with Crippen LogP contribution in [0.2, 0.25) is 0 Å². The Kier molecular flexibility index (Phi) is 4.66. The van der Waals surface area contributed by atoms with Gasteiger partial charge < -0.3 is 14.3 Å². The van der Waals surface area contributed by atoms with Gasteiger partial charge in [-0.15, -0.1) is 0 Å². The van der Waals surface area contributed by atoms with Gasteiger partial charge in [0.1, 0.15) is 6.10 Å². The summed E-state index contributed by atoms with van der Waals surface area (Å²) in [6.07, 6.45) is 2.63. The minimum Gasteiger partial charge on any atom is -0.469 e. The summed E-state index contributed by atoms with van der Waals surface area (Å²) in [6.45, 7) is 3.24. The van der Waals surface area contributed by atoms with E-state index in [-0.39, 0.29) is 12.1 Å². The molecule has 1 fully saturated rings. The lowest BCUT2D eigenvalue weighted by molar-refractivity contribution is -0.162. The van der Waals surface area contributed by atoms with Crippen LogP contribution >= 0.6 is 0 Å². The number of oxime groups is 1. The summed E-state index contributed by atoms with van der Waals surface area (Å²) in [7, 11) is 1.45. The highest BCUT2D eigenvalue weighted by Gasteiger charge is 2.44. The van der Waals surface area contributed by atoms with Crippen molar-refractivity contribution in [2.45, 2.75) is 38.7 Å². The van der Waals surface area contributed by atoms with Crippen LogP contribution in [0.4, 0.5) is 0 Å². The Morgan fingerprint density at radius 2 is 2.17 bits per heavy atom. The molecule has 1 aromatic rings. The molecule has 0 unspecified atom stereocenters. The summed E-state index contributed by atoms with van der Waals surface area (Å²) in [4.78, 5) is 17.9. The fourth-order valence-corrected chi connectivity index (χ4v) is 3.44. The zero-order valence-corrected chi connectivity index (χ0v) is 13.7. The predicted molar refractivity (Wildman–Crippen MR) is 86.3 cm³/mol. The Bertz CT molecular complexity index is 605. The van der Waals surface area contributed by atoms with Gasteiger partial charge in [0, 0.05) is 26.1 Å². The molecule has 0 bridgehead atoms. The van der Waals surface area contributed by atoms with E-state index in [1.807, 2.05) is 12.1 Å². The first kappa shape index (κ1) is 16.0. The minimum absolute atomic E-state index is 0.0808. The zero-order valence-electron chi connectivity index (χ0n) is 13.7. The third-order valence-corrected chi connectivity index (χ3v) is 4.77. The van der Waals surface area contributed by atoms with Crippen LogP contribution in [0.5, 0.6) is 0 Å². The number of rotatable bonds is 4. The van der Waals surface area contributed by atoms with Crippen molar-refractivity contribution >= 4 is 11.7 Å². The first-order valence-electron chi connectivity index (χ1n) is 8.09. The molecule has 0 aliphatic carbocycles. The Morgan fingerprint density at radius 3 is 2.87 bits per heavy atom. The van der Waals surface area contributed by atoms with E-state index < -0.39 is 5.41 Å². The van der Waals surface area contributed by atoms with Crippen molar-refractivity contribution < 1.29 is 19.1 Å². The third kappa shape index (κ3) is 3.39. The predicted octanol–water partition coefficient (Wildman–Crippen LogP) is 2.85. The maximum absolute atomic E-state index is 12.3. The van der Waals surface area contributed by atoms with Crippen LogP contribution in [0.1, 0.15) is 36.8 Å². The number of carbonyl (C=O) groups is 1. The normalized spacial score (nSPS) is 23.0. The Balaban J connectivity index is 1.68. The highest BCUT2D eigenvalue weighted by molar-refractivity contribution is 6.01. The lowest BCUT2D eigenvalue weighted by Gasteiger charge is -2.35. The molecule has 2 aliphatic heterocycles. The van der Waals surface area contributed by atoms with Gasteiger partial charge in [-0.1, -0.05) is 35.0 Å². The van der Waals surface area contributed by atoms with Gasteiger partial charge in [-0.3, -0.25) is 4.79 Å². The summed E-state index contributed by atoms with van der Waals surface area (Å²) in [5, 5.41) is 4.24. The molecule has 1 atom stereocenters. The lowest BCUT2D eigenvalue weighted by atomic mass is 9.75. The molecular formula is C18H23NO4. The van der Waals surface area contributed by atoms with E-state index in [2.05, 4.69) is 24.2 Å². The van der Waals surface area contributed by atoms with E-state index >= 15 is 0 Å². The molecule has 0 N–H and O–H groups in total. The number of ether oxygens (including phenoxy) is 2. The number of hydrogen-bond acceptors (Lipinski definition) is 5. The van der Waals surface area contributed by atoms with Crippen LogP contribution in [0, 0.1) is 12.3 Å². The quantitative estimate of drug-likeness (QED) is 0.801. The van der Waals surface area contributed by atoms with Gasteiger partial charge in [-0.2, -0.15) is 0 Å². The number of carbonyl (C=O) groups excluding carboxylic acids is 1. The molecule has 1 saturated heterocycles. The number of hydrogen-bond donors (Lipinski definition) is 0. The molecule has 0 saturated carbocycles. The summed E-state index contributed by atoms with van der Waals surface area (Å²) >= 11 is 0. The van der Waals surface area contributed by atoms with Gasteiger partial charge in [0.15, 0.2) is 0 Å². The van der Waals surface area contributed by atoms with Crippen molar-refractivity contribution in [3.63, 3.8) is 0 Å². The second-order valence-electron chi connectivity index (χ2n) is 6.43. The number of nitrogens with zero attached hydrogens (tertiary/aromatic N) is 1. The number of methoxy groups -OCH3 is 1. The molecule has 5 heteroatoms. The van der Waals surface area contributed by atoms with Crippen LogP contribution in [-0.4, -0.2) is 38.1 Å². The van der Waals surface area contributed by atoms with Gasteiger partial charge >= 0.3 is 5.97 Å². The van der Waals surface area contributed by atoms with E-state index in [4.69, 9.17) is 14.3 Å². The second kappa shape index (κ2) is 6.71. The summed E-state index contributed by atoms with van der Waals surface area (Å²) in [6, 6.07) is 8.23. The lowest BCUT2D eigenvalue weighted by Crippen LogP contribution is -2.41. The Hall–Kier alpha value is -1.88. The van der Waals surface area contributed by atoms with Gasteiger partial charge in [0.2, 0.25) is 0 Å². The van der Waals surface area contributed by atoms with Gasteiger partial charge in [-0.25, -0.2) is 0 Å². The van der Waals surface area contributed by atoms with Crippen LogP contribution in [0.3, 0.4) is 0 Å². The van der Waals surface area contributed by atoms with Crippen LogP contribution in [0.15, 0.2) is 29.4 Å². The molecule has 0 aromatic heterocycles. The molecule has 0 amide bonds. The monoisotopic (exact) mass is 317 g/mol. The van der Waals surface area contributed by atoms with E-state index in [1.165, 1.54) is 12.7 Å². The highest BCUT2D eigenvalue weighted by Crippen LogP contribution is 2.39. The zero-order chi connectivity index (χ0) is 16.3. The van der Waals surface area contributed by atoms with Crippen LogP contribution < -0.4 is 0 Å². The summed E-state index contributed by atoms with van der Waals surface area (Å²) in [5.41, 5.74) is 2.73. The van der Waals surface area contributed by atoms with E-state index in [0.717, 1.165) is 17.7 Å². The van der Waals surface area contributed by atoms with E-state index in [9.17, 15) is 4.79 Å². The molecule has 3 rings (SSSR count). The van der Waals surface area contributed by atoms with Crippen molar-refractivity contribution in [1.29, 1.82) is 0 Å². The van der Waals surface area contributed by atoms with Gasteiger partial charge in [0.25, 0.3) is 0 Å². The molecule has 1 aromatic carbocycles. The molecule has 2 heterocycles. The summed E-state index contributed by atoms with van der Waals surface area (Å²) < 4.78 is 10.5. The van der Waals surface area contributed by atoms with Crippen molar-refractivity contribution in [2.75, 3.05) is 20.3 Å². The molecule has 2 aliphatic rings. The number of aryl methyl sites for hydroxylation is 1. The largest absolute Gasteiger partial charge is 0.469 e. The average Bonchev–Trinajstić information content (AvgIpc) is 3.03. The van der Waals surface area contributed by atoms with E-state index in [1.54, 1.807) is 0 Å². The van der Waals surface area contributed by atoms with Crippen molar-refractivity contribution in [1.82, 2.24) is 0 Å². The Morgan fingerprint density at radius 1 is 1.39 bits per heavy atom. The molecule has 0 radical (unpaired) electrons. The summed E-state index contributed by atoms with van der Waals surface area (Å²) in [5.74, 6) is -0.159. The van der Waals surface area contributed by atoms with Crippen molar-refractivity contribution in [3.05, 3.63) is 35.4 Å². The van der Waals surface area contributed by atoms with Crippen LogP contribution in [-0.2, 0) is 19.1 Å². The molecule has 5 nitrogen and oxygen atoms in total. The third-order valence-electron chi connectivity index (χ3n) is 4.77. The standard InChI is InChI=1S/C18H23NO4/c1-13-4-3-5-14(10-13)16-11-15(23-19-16)12-18(17(20)21-2)6-8-22-9-7-18/h3-5,10,15H,6-9,11-12H2,1-2H3/t15-/m0/s1. The maximum Gasteiger partial charge on any atom is 0.312 e. The van der Waals surface area contributed by atoms with Crippen molar-refractivity contribution in [2.24, 2.45) is 10.6 Å². The van der Waals surface area contributed by atoms with E-state index in [0.29, 0.717) is 32.5 Å². The average molecular weight is 317 g/mol. The minimum atomic E-state index is -0.505. The topological polar surface area (TPSA) is 57.1 Å². The fraction of sp³-hybridized carbons (Fsp3) is 0.556. The molecule has 23 heavy (non-hydrogen) atoms. The first-order valence-corrected chi connectivity index (χ1v) is 8.09. The first-order chi connectivity index (χ1) is 11.1. The van der Waals surface area contributed by atoms with Gasteiger partial charge in [0.05, 0.1) is 18.2 Å². The smallest absolute Gasteiger partial charge is 0.312 e. The SMILES string of the molecule is COC(=O)C1(C[C@@H]2CC(c3cccc(C)c3)=NO2)CCOCC1. The molecule has 0 spiro atoms. The van der Waals surface area contributed by atoms with Crippen molar-refractivity contribution in [3.8, 4) is 0 Å². The number of benzene rings is 1. The maximum atomic E-state index is 12.3. The second-order valence-corrected chi connectivity index (χ2v) is 6.43. The number of esters is 1. The van der Waals surface area contributed by atoms with Gasteiger partial charge in [-0.05, 0) is 25.3 Å². The fourth-order valence-electron chi connectivity index (χ4n) is 3.44. The molecular weight excluding hydrogens is 294 g/mol. The Labute approximate surface area is 136 Å². The molecule has 124 valence electrons.